The van der Waals surface area contributed by atoms with E-state index < -0.39 is 11.4 Å². The first-order valence-corrected chi connectivity index (χ1v) is 6.07. The molecule has 10 heteroatoms. The van der Waals surface area contributed by atoms with Gasteiger partial charge in [0.25, 0.3) is 11.8 Å². The molecule has 2 aromatic heterocycles. The number of anilines is 1. The van der Waals surface area contributed by atoms with E-state index in [0.29, 0.717) is 0 Å². The minimum Gasteiger partial charge on any atom is -0.493 e. The molecule has 2 aromatic rings. The number of amides is 1. The van der Waals surface area contributed by atoms with E-state index in [0.717, 1.165) is 17.8 Å². The van der Waals surface area contributed by atoms with Crippen molar-refractivity contribution in [3.63, 3.8) is 0 Å². The fraction of sp³-hybridized carbons (Fsp3) is 0.222. The van der Waals surface area contributed by atoms with Crippen LogP contribution >= 0.6 is 11.8 Å². The zero-order valence-corrected chi connectivity index (χ0v) is 10.6. The molecule has 0 bridgehead atoms. The van der Waals surface area contributed by atoms with Crippen molar-refractivity contribution in [1.82, 2.24) is 15.2 Å². The van der Waals surface area contributed by atoms with Gasteiger partial charge in [-0.15, -0.1) is 0 Å². The SMILES string of the molecule is C[n+]1cc(NC(=O)CSc2nc(O)cc(=O)[nH]2)on1. The molecule has 19 heavy (non-hydrogen) atoms. The largest absolute Gasteiger partial charge is 0.493 e. The van der Waals surface area contributed by atoms with Gasteiger partial charge in [0.05, 0.1) is 11.8 Å². The fourth-order valence-electron chi connectivity index (χ4n) is 1.18. The van der Waals surface area contributed by atoms with Gasteiger partial charge in [-0.05, 0) is 0 Å². The number of thioether (sulfide) groups is 1. The molecule has 0 aromatic carbocycles. The maximum atomic E-state index is 11.6. The second-order valence-corrected chi connectivity index (χ2v) is 4.45. The Bertz CT molecular complexity index is 652. The third-order valence-electron chi connectivity index (χ3n) is 1.88. The second kappa shape index (κ2) is 5.52. The molecule has 0 atom stereocenters. The number of aromatic hydroxyl groups is 1. The zero-order chi connectivity index (χ0) is 13.8. The lowest BCUT2D eigenvalue weighted by molar-refractivity contribution is -0.739. The fourth-order valence-corrected chi connectivity index (χ4v) is 1.85. The number of nitrogens with zero attached hydrogens (tertiary/aromatic N) is 3. The van der Waals surface area contributed by atoms with Gasteiger partial charge < -0.3 is 10.1 Å². The molecule has 0 saturated heterocycles. The third-order valence-corrected chi connectivity index (χ3v) is 2.75. The molecule has 0 radical (unpaired) electrons. The van der Waals surface area contributed by atoms with Crippen LogP contribution < -0.4 is 15.6 Å². The quantitative estimate of drug-likeness (QED) is 0.374. The van der Waals surface area contributed by atoms with Crippen molar-refractivity contribution in [2.24, 2.45) is 7.05 Å². The highest BCUT2D eigenvalue weighted by Crippen LogP contribution is 2.13. The summed E-state index contributed by atoms with van der Waals surface area (Å²) in [6.45, 7) is 0. The monoisotopic (exact) mass is 284 g/mol. The summed E-state index contributed by atoms with van der Waals surface area (Å²) < 4.78 is 6.18. The number of nitrogens with one attached hydrogen (secondary N) is 2. The highest BCUT2D eigenvalue weighted by Gasteiger charge is 2.12. The lowest BCUT2D eigenvalue weighted by Gasteiger charge is -2.00. The number of carbonyl (C=O) groups excluding carboxylic acids is 1. The average molecular weight is 284 g/mol. The molecule has 0 fully saturated rings. The highest BCUT2D eigenvalue weighted by atomic mass is 32.2. The van der Waals surface area contributed by atoms with Crippen molar-refractivity contribution in [3.05, 3.63) is 22.6 Å². The first kappa shape index (κ1) is 13.1. The molecule has 0 unspecified atom stereocenters. The van der Waals surface area contributed by atoms with Crippen LogP contribution in [0, 0.1) is 0 Å². The van der Waals surface area contributed by atoms with Crippen molar-refractivity contribution in [3.8, 4) is 5.88 Å². The molecule has 2 rings (SSSR count). The summed E-state index contributed by atoms with van der Waals surface area (Å²) in [5.41, 5.74) is -0.488. The van der Waals surface area contributed by atoms with Crippen LogP contribution in [-0.4, -0.2) is 32.0 Å². The molecule has 0 aliphatic rings. The van der Waals surface area contributed by atoms with Crippen molar-refractivity contribution >= 4 is 23.6 Å². The summed E-state index contributed by atoms with van der Waals surface area (Å²) in [5.74, 6) is -0.538. The van der Waals surface area contributed by atoms with E-state index >= 15 is 0 Å². The van der Waals surface area contributed by atoms with Gasteiger partial charge in [-0.2, -0.15) is 4.98 Å². The maximum absolute atomic E-state index is 11.6. The Kier molecular flexibility index (Phi) is 3.80. The van der Waals surface area contributed by atoms with Crippen LogP contribution in [0.5, 0.6) is 5.88 Å². The minimum absolute atomic E-state index is 0.00317. The summed E-state index contributed by atoms with van der Waals surface area (Å²) in [7, 11) is 1.65. The Labute approximate surface area is 110 Å². The van der Waals surface area contributed by atoms with Gasteiger partial charge in [-0.1, -0.05) is 16.4 Å². The number of carbonyl (C=O) groups is 1. The molecule has 9 nitrogen and oxygen atoms in total. The van der Waals surface area contributed by atoms with E-state index in [1.54, 1.807) is 7.05 Å². The maximum Gasteiger partial charge on any atom is 0.302 e. The first-order valence-electron chi connectivity index (χ1n) is 5.08. The number of aromatic amines is 1. The van der Waals surface area contributed by atoms with Crippen molar-refractivity contribution < 1.29 is 19.1 Å². The minimum atomic E-state index is -0.488. The lowest BCUT2D eigenvalue weighted by atomic mass is 10.6. The van der Waals surface area contributed by atoms with Crippen LogP contribution in [0.15, 0.2) is 26.7 Å². The van der Waals surface area contributed by atoms with Gasteiger partial charge in [0, 0.05) is 0 Å². The van der Waals surface area contributed by atoms with E-state index in [2.05, 4.69) is 20.6 Å². The van der Waals surface area contributed by atoms with Gasteiger partial charge in [0.1, 0.15) is 0 Å². The molecule has 0 aliphatic carbocycles. The molecule has 0 aliphatic heterocycles. The summed E-state index contributed by atoms with van der Waals surface area (Å²) in [6, 6.07) is 0.943. The van der Waals surface area contributed by atoms with Crippen LogP contribution in [0.25, 0.3) is 0 Å². The number of rotatable bonds is 4. The highest BCUT2D eigenvalue weighted by molar-refractivity contribution is 7.99. The number of aryl methyl sites for hydroxylation is 1. The Morgan fingerprint density at radius 2 is 2.47 bits per heavy atom. The third kappa shape index (κ3) is 3.81. The number of hydrogen-bond acceptors (Lipinski definition) is 7. The van der Waals surface area contributed by atoms with Gasteiger partial charge in [-0.25, -0.2) is 0 Å². The number of hydrogen-bond donors (Lipinski definition) is 3. The summed E-state index contributed by atoms with van der Waals surface area (Å²) in [4.78, 5) is 28.7. The van der Waals surface area contributed by atoms with E-state index in [-0.39, 0.29) is 22.7 Å². The summed E-state index contributed by atoms with van der Waals surface area (Å²) in [6.07, 6.45) is 1.50. The van der Waals surface area contributed by atoms with E-state index in [1.165, 1.54) is 10.9 Å². The molecule has 0 spiro atoms. The molecular weight excluding hydrogens is 274 g/mol. The second-order valence-electron chi connectivity index (χ2n) is 3.49. The van der Waals surface area contributed by atoms with Gasteiger partial charge >= 0.3 is 5.88 Å². The standard InChI is InChI=1S/C9H9N5O4S/c1-14-3-8(18-13-14)10-7(17)4-19-9-11-5(15)2-6(16)12-9/h2-3H,4H2,1H3,(H2-,10,11,12,13,15,16,17)/p+1. The van der Waals surface area contributed by atoms with Gasteiger partial charge in [-0.3, -0.25) is 19.4 Å². The predicted molar refractivity (Wildman–Crippen MR) is 63.6 cm³/mol. The van der Waals surface area contributed by atoms with Crippen molar-refractivity contribution in [2.45, 2.75) is 5.16 Å². The molecular formula is C9H10N5O4S+. The van der Waals surface area contributed by atoms with E-state index in [4.69, 9.17) is 9.63 Å². The van der Waals surface area contributed by atoms with Crippen LogP contribution in [0.2, 0.25) is 0 Å². The number of H-pyrrole nitrogens is 1. The summed E-state index contributed by atoms with van der Waals surface area (Å²) >= 11 is 0.975. The normalized spacial score (nSPS) is 10.4. The van der Waals surface area contributed by atoms with Gasteiger partial charge in [0.15, 0.2) is 17.5 Å². The topological polar surface area (TPSA) is 125 Å². The lowest BCUT2D eigenvalue weighted by Crippen LogP contribution is -2.28. The summed E-state index contributed by atoms with van der Waals surface area (Å²) in [5, 5.41) is 15.3. The molecule has 3 N–H and O–H groups in total. The van der Waals surface area contributed by atoms with Gasteiger partial charge in [0.2, 0.25) is 11.8 Å². The van der Waals surface area contributed by atoms with E-state index in [1.807, 2.05) is 0 Å². The Balaban J connectivity index is 1.91. The van der Waals surface area contributed by atoms with E-state index in [9.17, 15) is 9.59 Å². The Hall–Kier alpha value is -2.36. The molecule has 0 saturated carbocycles. The molecule has 1 amide bonds. The van der Waals surface area contributed by atoms with Crippen LogP contribution in [0.3, 0.4) is 0 Å². The number of aromatic nitrogens is 4. The van der Waals surface area contributed by atoms with Crippen LogP contribution in [-0.2, 0) is 11.8 Å². The Morgan fingerprint density at radius 1 is 1.68 bits per heavy atom. The average Bonchev–Trinajstić information content (AvgIpc) is 2.71. The smallest absolute Gasteiger partial charge is 0.302 e. The molecule has 100 valence electrons. The van der Waals surface area contributed by atoms with Crippen LogP contribution in [0.4, 0.5) is 5.88 Å². The molecule has 2 heterocycles. The first-order chi connectivity index (χ1) is 9.02. The predicted octanol–water partition coefficient (Wildman–Crippen LogP) is -0.981. The van der Waals surface area contributed by atoms with Crippen molar-refractivity contribution in [1.29, 1.82) is 0 Å². The van der Waals surface area contributed by atoms with Crippen LogP contribution in [0.1, 0.15) is 0 Å². The van der Waals surface area contributed by atoms with Crippen molar-refractivity contribution in [2.75, 3.05) is 11.1 Å². The Morgan fingerprint density at radius 3 is 3.11 bits per heavy atom. The zero-order valence-electron chi connectivity index (χ0n) is 9.78.